The highest BCUT2D eigenvalue weighted by Crippen LogP contribution is 2.22. The van der Waals surface area contributed by atoms with Crippen LogP contribution >= 0.6 is 0 Å². The molecule has 1 rings (SSSR count). The van der Waals surface area contributed by atoms with Gasteiger partial charge in [0, 0.05) is 18.1 Å². The lowest BCUT2D eigenvalue weighted by molar-refractivity contribution is -0.138. The molecule has 1 heterocycles. The molecule has 1 aliphatic heterocycles. The van der Waals surface area contributed by atoms with Crippen molar-refractivity contribution < 1.29 is 14.7 Å². The topological polar surface area (TPSA) is 69.6 Å². The molecule has 2 atom stereocenters. The van der Waals surface area contributed by atoms with E-state index in [-0.39, 0.29) is 18.5 Å². The molecule has 0 spiro atoms. The maximum Gasteiger partial charge on any atom is 0.318 e. The first-order chi connectivity index (χ1) is 8.21. The average molecular weight is 256 g/mol. The molecule has 1 fully saturated rings. The zero-order valence-electron chi connectivity index (χ0n) is 11.7. The Morgan fingerprint density at radius 1 is 1.39 bits per heavy atom. The van der Waals surface area contributed by atoms with Crippen molar-refractivity contribution in [3.8, 4) is 0 Å². The third-order valence-corrected chi connectivity index (χ3v) is 3.44. The van der Waals surface area contributed by atoms with E-state index in [4.69, 9.17) is 5.11 Å². The molecule has 0 radical (unpaired) electrons. The predicted octanol–water partition coefficient (Wildman–Crippen LogP) is 2.07. The third kappa shape index (κ3) is 4.20. The predicted molar refractivity (Wildman–Crippen MR) is 69.4 cm³/mol. The number of nitrogens with one attached hydrogen (secondary N) is 1. The number of piperidine rings is 1. The Balaban J connectivity index is 2.57. The number of carboxylic acid groups (broad SMARTS) is 1. The van der Waals surface area contributed by atoms with Crippen molar-refractivity contribution in [2.75, 3.05) is 6.54 Å². The fourth-order valence-electron chi connectivity index (χ4n) is 2.49. The van der Waals surface area contributed by atoms with Crippen LogP contribution in [-0.2, 0) is 4.79 Å². The number of nitrogens with zero attached hydrogens (tertiary/aromatic N) is 1. The van der Waals surface area contributed by atoms with E-state index >= 15 is 0 Å². The summed E-state index contributed by atoms with van der Waals surface area (Å²) in [4.78, 5) is 24.7. The van der Waals surface area contributed by atoms with Crippen LogP contribution in [0.4, 0.5) is 4.79 Å². The molecule has 0 aromatic heterocycles. The second-order valence-electron chi connectivity index (χ2n) is 6.06. The number of aliphatic carboxylic acids is 1. The van der Waals surface area contributed by atoms with Crippen LogP contribution in [0.5, 0.6) is 0 Å². The van der Waals surface area contributed by atoms with Gasteiger partial charge in [-0.15, -0.1) is 0 Å². The van der Waals surface area contributed by atoms with Gasteiger partial charge in [-0.05, 0) is 39.5 Å². The van der Waals surface area contributed by atoms with E-state index in [9.17, 15) is 9.59 Å². The van der Waals surface area contributed by atoms with E-state index in [1.54, 1.807) is 13.8 Å². The van der Waals surface area contributed by atoms with Gasteiger partial charge in [0.2, 0.25) is 0 Å². The SMILES string of the molecule is CC1CCN(C(=O)NC(C)(C)CC(=O)O)C(C)C1. The number of hydrogen-bond donors (Lipinski definition) is 2. The maximum absolute atomic E-state index is 12.1. The number of likely N-dealkylation sites (tertiary alicyclic amines) is 1. The van der Waals surface area contributed by atoms with Crippen LogP contribution in [0, 0.1) is 5.92 Å². The molecule has 104 valence electrons. The van der Waals surface area contributed by atoms with E-state index in [1.165, 1.54) is 0 Å². The van der Waals surface area contributed by atoms with Crippen LogP contribution in [0.15, 0.2) is 0 Å². The van der Waals surface area contributed by atoms with Crippen LogP contribution in [0.3, 0.4) is 0 Å². The van der Waals surface area contributed by atoms with Gasteiger partial charge in [-0.25, -0.2) is 4.79 Å². The number of urea groups is 1. The van der Waals surface area contributed by atoms with Crippen LogP contribution in [0.25, 0.3) is 0 Å². The summed E-state index contributed by atoms with van der Waals surface area (Å²) in [6, 6.07) is 0.0648. The summed E-state index contributed by atoms with van der Waals surface area (Å²) in [5.74, 6) is -0.253. The minimum absolute atomic E-state index is 0.0721. The van der Waals surface area contributed by atoms with Gasteiger partial charge in [0.1, 0.15) is 0 Å². The minimum atomic E-state index is -0.902. The second kappa shape index (κ2) is 5.59. The van der Waals surface area contributed by atoms with Gasteiger partial charge in [-0.1, -0.05) is 6.92 Å². The summed E-state index contributed by atoms with van der Waals surface area (Å²) < 4.78 is 0. The molecular formula is C13H24N2O3. The summed E-state index contributed by atoms with van der Waals surface area (Å²) in [6.07, 6.45) is 1.95. The zero-order chi connectivity index (χ0) is 13.9. The molecule has 18 heavy (non-hydrogen) atoms. The molecule has 0 aliphatic carbocycles. The Hall–Kier alpha value is -1.26. The number of carboxylic acids is 1. The lowest BCUT2D eigenvalue weighted by Crippen LogP contribution is -2.55. The van der Waals surface area contributed by atoms with E-state index in [1.807, 2.05) is 11.8 Å². The molecule has 5 nitrogen and oxygen atoms in total. The van der Waals surface area contributed by atoms with Crippen molar-refractivity contribution in [3.05, 3.63) is 0 Å². The molecule has 2 N–H and O–H groups in total. The Bertz CT molecular complexity index is 328. The van der Waals surface area contributed by atoms with Crippen LogP contribution < -0.4 is 5.32 Å². The minimum Gasteiger partial charge on any atom is -0.481 e. The summed E-state index contributed by atoms with van der Waals surface area (Å²) in [5.41, 5.74) is -0.717. The van der Waals surface area contributed by atoms with Gasteiger partial charge < -0.3 is 15.3 Å². The highest BCUT2D eigenvalue weighted by Gasteiger charge is 2.31. The summed E-state index contributed by atoms with van der Waals surface area (Å²) in [5, 5.41) is 11.6. The Labute approximate surface area is 109 Å². The van der Waals surface area contributed by atoms with Crippen molar-refractivity contribution in [2.24, 2.45) is 5.92 Å². The average Bonchev–Trinajstić information content (AvgIpc) is 2.13. The van der Waals surface area contributed by atoms with Gasteiger partial charge in [0.15, 0.2) is 0 Å². The first-order valence-corrected chi connectivity index (χ1v) is 6.52. The number of amides is 2. The summed E-state index contributed by atoms with van der Waals surface area (Å²) >= 11 is 0. The fraction of sp³-hybridized carbons (Fsp3) is 0.846. The summed E-state index contributed by atoms with van der Waals surface area (Å²) in [7, 11) is 0. The smallest absolute Gasteiger partial charge is 0.318 e. The monoisotopic (exact) mass is 256 g/mol. The highest BCUT2D eigenvalue weighted by molar-refractivity contribution is 5.77. The van der Waals surface area contributed by atoms with E-state index in [0.29, 0.717) is 5.92 Å². The second-order valence-corrected chi connectivity index (χ2v) is 6.06. The molecule has 0 aromatic rings. The first-order valence-electron chi connectivity index (χ1n) is 6.52. The standard InChI is InChI=1S/C13H24N2O3/c1-9-5-6-15(10(2)7-9)12(18)14-13(3,4)8-11(16)17/h9-10H,5-8H2,1-4H3,(H,14,18)(H,16,17). The molecule has 2 unspecified atom stereocenters. The first kappa shape index (κ1) is 14.8. The van der Waals surface area contributed by atoms with Crippen molar-refractivity contribution in [1.82, 2.24) is 10.2 Å². The van der Waals surface area contributed by atoms with Gasteiger partial charge in [-0.3, -0.25) is 4.79 Å². The van der Waals surface area contributed by atoms with Gasteiger partial charge in [0.25, 0.3) is 0 Å². The quantitative estimate of drug-likeness (QED) is 0.812. The Morgan fingerprint density at radius 3 is 2.50 bits per heavy atom. The lowest BCUT2D eigenvalue weighted by atomic mass is 9.93. The normalized spacial score (nSPS) is 24.8. The maximum atomic E-state index is 12.1. The van der Waals surface area contributed by atoms with Gasteiger partial charge in [-0.2, -0.15) is 0 Å². The van der Waals surface area contributed by atoms with Crippen LogP contribution in [-0.4, -0.2) is 40.1 Å². The fourth-order valence-corrected chi connectivity index (χ4v) is 2.49. The van der Waals surface area contributed by atoms with Crippen molar-refractivity contribution in [3.63, 3.8) is 0 Å². The molecule has 0 aromatic carbocycles. The van der Waals surface area contributed by atoms with Gasteiger partial charge in [0.05, 0.1) is 6.42 Å². The molecule has 2 amide bonds. The largest absolute Gasteiger partial charge is 0.481 e. The van der Waals surface area contributed by atoms with Crippen molar-refractivity contribution in [2.45, 2.75) is 58.5 Å². The number of carbonyl (C=O) groups is 2. The van der Waals surface area contributed by atoms with E-state index < -0.39 is 11.5 Å². The molecule has 1 saturated heterocycles. The molecule has 0 bridgehead atoms. The van der Waals surface area contributed by atoms with Gasteiger partial charge >= 0.3 is 12.0 Å². The number of rotatable bonds is 3. The number of carbonyl (C=O) groups excluding carboxylic acids is 1. The lowest BCUT2D eigenvalue weighted by Gasteiger charge is -2.38. The Morgan fingerprint density at radius 2 is 2.00 bits per heavy atom. The van der Waals surface area contributed by atoms with E-state index in [0.717, 1.165) is 19.4 Å². The Kier molecular flexibility index (Phi) is 4.59. The molecule has 1 aliphatic rings. The highest BCUT2D eigenvalue weighted by atomic mass is 16.4. The summed E-state index contributed by atoms with van der Waals surface area (Å²) in [6.45, 7) is 8.45. The van der Waals surface area contributed by atoms with Crippen molar-refractivity contribution >= 4 is 12.0 Å². The van der Waals surface area contributed by atoms with Crippen LogP contribution in [0.1, 0.15) is 47.0 Å². The van der Waals surface area contributed by atoms with Crippen molar-refractivity contribution in [1.29, 1.82) is 0 Å². The zero-order valence-corrected chi connectivity index (χ0v) is 11.7. The third-order valence-electron chi connectivity index (χ3n) is 3.44. The van der Waals surface area contributed by atoms with Crippen LogP contribution in [0.2, 0.25) is 0 Å². The number of hydrogen-bond acceptors (Lipinski definition) is 2. The van der Waals surface area contributed by atoms with E-state index in [2.05, 4.69) is 12.2 Å². The molecule has 5 heteroatoms. The molecular weight excluding hydrogens is 232 g/mol. The molecule has 0 saturated carbocycles.